The largest absolute Gasteiger partial charge is 0.330 e. The molecule has 0 saturated heterocycles. The van der Waals surface area contributed by atoms with Crippen molar-refractivity contribution in [2.75, 3.05) is 6.54 Å². The molecule has 1 heterocycles. The quantitative estimate of drug-likeness (QED) is 0.875. The second-order valence-electron chi connectivity index (χ2n) is 4.89. The van der Waals surface area contributed by atoms with Crippen LogP contribution in [0.1, 0.15) is 44.8 Å². The molecule has 2 N–H and O–H groups in total. The van der Waals surface area contributed by atoms with E-state index in [-0.39, 0.29) is 5.41 Å². The van der Waals surface area contributed by atoms with Crippen LogP contribution in [0.5, 0.6) is 0 Å². The van der Waals surface area contributed by atoms with Crippen LogP contribution in [0, 0.1) is 11.3 Å². The van der Waals surface area contributed by atoms with E-state index in [9.17, 15) is 0 Å². The van der Waals surface area contributed by atoms with Crippen molar-refractivity contribution in [1.29, 1.82) is 5.26 Å². The highest BCUT2D eigenvalue weighted by atomic mass is 32.1. The molecule has 0 spiro atoms. The van der Waals surface area contributed by atoms with Gasteiger partial charge in [-0.25, -0.2) is 4.98 Å². The van der Waals surface area contributed by atoms with Gasteiger partial charge in [-0.15, -0.1) is 11.3 Å². The number of aromatic nitrogens is 1. The van der Waals surface area contributed by atoms with Gasteiger partial charge in [0.15, 0.2) is 0 Å². The molecule has 0 aromatic carbocycles. The molecule has 4 heteroatoms. The maximum Gasteiger partial charge on any atom is 0.113 e. The number of hydrogen-bond donors (Lipinski definition) is 1. The zero-order valence-corrected chi connectivity index (χ0v) is 11.2. The van der Waals surface area contributed by atoms with Gasteiger partial charge in [0.2, 0.25) is 0 Å². The van der Waals surface area contributed by atoms with E-state index in [1.807, 2.05) is 19.2 Å². The molecule has 1 rings (SSSR count). The summed E-state index contributed by atoms with van der Waals surface area (Å²) in [5.41, 5.74) is 6.24. The van der Waals surface area contributed by atoms with Crippen LogP contribution in [0.25, 0.3) is 0 Å². The summed E-state index contributed by atoms with van der Waals surface area (Å²) in [5, 5.41) is 12.0. The molecular weight excluding hydrogens is 218 g/mol. The van der Waals surface area contributed by atoms with Crippen molar-refractivity contribution in [3.63, 3.8) is 0 Å². The molecule has 1 atom stereocenters. The van der Waals surface area contributed by atoms with Crippen LogP contribution in [0.2, 0.25) is 0 Å². The summed E-state index contributed by atoms with van der Waals surface area (Å²) >= 11 is 1.55. The third kappa shape index (κ3) is 2.26. The number of rotatable bonds is 4. The van der Waals surface area contributed by atoms with Crippen LogP contribution in [0.3, 0.4) is 0 Å². The molecule has 3 nitrogen and oxygen atoms in total. The van der Waals surface area contributed by atoms with E-state index >= 15 is 0 Å². The van der Waals surface area contributed by atoms with Crippen molar-refractivity contribution in [3.8, 4) is 6.07 Å². The molecule has 0 bridgehead atoms. The summed E-state index contributed by atoms with van der Waals surface area (Å²) in [6.07, 6.45) is 0.958. The number of hydrogen-bond acceptors (Lipinski definition) is 4. The highest BCUT2D eigenvalue weighted by molar-refractivity contribution is 7.09. The number of nitrogens with two attached hydrogens (primary N) is 1. The van der Waals surface area contributed by atoms with Crippen LogP contribution >= 0.6 is 11.3 Å². The van der Waals surface area contributed by atoms with Gasteiger partial charge in [0.1, 0.15) is 10.4 Å². The van der Waals surface area contributed by atoms with Crippen molar-refractivity contribution in [1.82, 2.24) is 4.98 Å². The van der Waals surface area contributed by atoms with Crippen molar-refractivity contribution >= 4 is 11.3 Å². The van der Waals surface area contributed by atoms with Gasteiger partial charge in [0.05, 0.1) is 11.8 Å². The Labute approximate surface area is 101 Å². The number of nitrogens with zero attached hydrogens (tertiary/aromatic N) is 2. The normalized spacial score (nSPS) is 15.5. The van der Waals surface area contributed by atoms with Gasteiger partial charge in [0, 0.05) is 17.3 Å². The van der Waals surface area contributed by atoms with Crippen LogP contribution in [0.4, 0.5) is 0 Å². The summed E-state index contributed by atoms with van der Waals surface area (Å²) in [7, 11) is 0. The lowest BCUT2D eigenvalue weighted by atomic mass is 9.84. The summed E-state index contributed by atoms with van der Waals surface area (Å²) in [6.45, 7) is 8.59. The fourth-order valence-corrected chi connectivity index (χ4v) is 2.37. The molecule has 16 heavy (non-hydrogen) atoms. The minimum Gasteiger partial charge on any atom is -0.330 e. The molecule has 0 aliphatic rings. The lowest BCUT2D eigenvalue weighted by Crippen LogP contribution is -2.31. The minimum absolute atomic E-state index is 0.0692. The van der Waals surface area contributed by atoms with Crippen LogP contribution in [0.15, 0.2) is 5.38 Å². The van der Waals surface area contributed by atoms with Crippen LogP contribution < -0.4 is 5.73 Å². The third-order valence-electron chi connectivity index (χ3n) is 3.17. The minimum atomic E-state index is -0.508. The standard InChI is InChI=1S/C12H19N3S/c1-5-12(4,8-14)9-6-16-10(15-9)11(2,3)7-13/h6H,5,8,14H2,1-4H3. The predicted octanol–water partition coefficient (Wildman–Crippen LogP) is 2.57. The highest BCUT2D eigenvalue weighted by Gasteiger charge is 2.29. The second-order valence-corrected chi connectivity index (χ2v) is 5.75. The fourth-order valence-electron chi connectivity index (χ4n) is 1.32. The van der Waals surface area contributed by atoms with E-state index in [2.05, 4.69) is 24.9 Å². The van der Waals surface area contributed by atoms with Gasteiger partial charge >= 0.3 is 0 Å². The number of thiazole rings is 1. The topological polar surface area (TPSA) is 62.7 Å². The maximum atomic E-state index is 9.07. The Morgan fingerprint density at radius 2 is 2.12 bits per heavy atom. The average Bonchev–Trinajstić information content (AvgIpc) is 2.78. The summed E-state index contributed by atoms with van der Waals surface area (Å²) in [4.78, 5) is 4.58. The first-order valence-corrected chi connectivity index (χ1v) is 6.35. The highest BCUT2D eigenvalue weighted by Crippen LogP contribution is 2.32. The Morgan fingerprint density at radius 1 is 1.50 bits per heavy atom. The SMILES string of the molecule is CCC(C)(CN)c1csc(C(C)(C)C#N)n1. The number of nitriles is 1. The summed E-state index contributed by atoms with van der Waals surface area (Å²) in [6, 6.07) is 2.28. The molecule has 1 aromatic rings. The fraction of sp³-hybridized carbons (Fsp3) is 0.667. The van der Waals surface area contributed by atoms with Crippen LogP contribution in [-0.2, 0) is 10.8 Å². The van der Waals surface area contributed by atoms with Gasteiger partial charge in [0.25, 0.3) is 0 Å². The smallest absolute Gasteiger partial charge is 0.113 e. The van der Waals surface area contributed by atoms with Gasteiger partial charge in [-0.3, -0.25) is 0 Å². The first-order valence-electron chi connectivity index (χ1n) is 5.47. The molecule has 0 saturated carbocycles. The molecule has 1 unspecified atom stereocenters. The molecule has 0 amide bonds. The van der Waals surface area contributed by atoms with Gasteiger partial charge in [-0.1, -0.05) is 13.8 Å². The van der Waals surface area contributed by atoms with E-state index in [4.69, 9.17) is 11.0 Å². The zero-order chi connectivity index (χ0) is 12.4. The van der Waals surface area contributed by atoms with Gasteiger partial charge in [-0.05, 0) is 20.3 Å². The predicted molar refractivity (Wildman–Crippen MR) is 67.5 cm³/mol. The maximum absolute atomic E-state index is 9.07. The second kappa shape index (κ2) is 4.52. The summed E-state index contributed by atoms with van der Waals surface area (Å²) in [5.74, 6) is 0. The Balaban J connectivity index is 3.10. The van der Waals surface area contributed by atoms with E-state index in [1.165, 1.54) is 0 Å². The van der Waals surface area contributed by atoms with E-state index < -0.39 is 5.41 Å². The molecule has 0 fully saturated rings. The Bertz CT molecular complexity index is 397. The van der Waals surface area contributed by atoms with Crippen molar-refractivity contribution in [2.45, 2.75) is 44.9 Å². The Hall–Kier alpha value is -0.920. The molecule has 1 aromatic heterocycles. The van der Waals surface area contributed by atoms with Crippen LogP contribution in [-0.4, -0.2) is 11.5 Å². The van der Waals surface area contributed by atoms with Crippen molar-refractivity contribution in [2.24, 2.45) is 5.73 Å². The Kier molecular flexibility index (Phi) is 3.72. The molecule has 0 aliphatic carbocycles. The van der Waals surface area contributed by atoms with E-state index in [1.54, 1.807) is 11.3 Å². The Morgan fingerprint density at radius 3 is 2.56 bits per heavy atom. The van der Waals surface area contributed by atoms with E-state index in [0.29, 0.717) is 6.54 Å². The zero-order valence-electron chi connectivity index (χ0n) is 10.4. The van der Waals surface area contributed by atoms with Crippen molar-refractivity contribution in [3.05, 3.63) is 16.1 Å². The molecule has 0 radical (unpaired) electrons. The average molecular weight is 237 g/mol. The monoisotopic (exact) mass is 237 g/mol. The third-order valence-corrected chi connectivity index (χ3v) is 4.33. The summed E-state index contributed by atoms with van der Waals surface area (Å²) < 4.78 is 0. The lowest BCUT2D eigenvalue weighted by Gasteiger charge is -2.24. The lowest BCUT2D eigenvalue weighted by molar-refractivity contribution is 0.453. The first kappa shape index (κ1) is 13.1. The molecular formula is C12H19N3S. The van der Waals surface area contributed by atoms with E-state index in [0.717, 1.165) is 17.1 Å². The molecule has 0 aliphatic heterocycles. The van der Waals surface area contributed by atoms with Gasteiger partial charge in [-0.2, -0.15) is 5.26 Å². The first-order chi connectivity index (χ1) is 7.39. The molecule has 88 valence electrons. The van der Waals surface area contributed by atoms with Crippen molar-refractivity contribution < 1.29 is 0 Å². The van der Waals surface area contributed by atoms with Gasteiger partial charge < -0.3 is 5.73 Å².